The van der Waals surface area contributed by atoms with Crippen molar-refractivity contribution in [3.05, 3.63) is 0 Å². The maximum absolute atomic E-state index is 12.1. The molecule has 2 saturated carbocycles. The highest BCUT2D eigenvalue weighted by Gasteiger charge is 2.40. The third kappa shape index (κ3) is 3.83. The first-order chi connectivity index (χ1) is 8.65. The van der Waals surface area contributed by atoms with E-state index in [4.69, 9.17) is 10.5 Å². The van der Waals surface area contributed by atoms with E-state index in [1.807, 2.05) is 6.92 Å². The molecule has 112 valence electrons. The fourth-order valence-electron chi connectivity index (χ4n) is 3.74. The van der Waals surface area contributed by atoms with Crippen LogP contribution >= 0.6 is 12.4 Å². The number of amides is 1. The largest absolute Gasteiger partial charge is 0.372 e. The Morgan fingerprint density at radius 1 is 1.37 bits per heavy atom. The van der Waals surface area contributed by atoms with Gasteiger partial charge in [0.2, 0.25) is 5.91 Å². The lowest BCUT2D eigenvalue weighted by molar-refractivity contribution is -0.133. The van der Waals surface area contributed by atoms with Gasteiger partial charge in [-0.3, -0.25) is 4.79 Å². The van der Waals surface area contributed by atoms with Gasteiger partial charge in [-0.2, -0.15) is 0 Å². The molecule has 3 N–H and O–H groups in total. The number of nitrogens with two attached hydrogens (primary N) is 1. The van der Waals surface area contributed by atoms with Crippen LogP contribution in [0.3, 0.4) is 0 Å². The monoisotopic (exact) mass is 290 g/mol. The second-order valence-electron chi connectivity index (χ2n) is 5.85. The second kappa shape index (κ2) is 7.46. The van der Waals surface area contributed by atoms with Crippen LogP contribution in [0.1, 0.15) is 45.4 Å². The highest BCUT2D eigenvalue weighted by atomic mass is 35.5. The van der Waals surface area contributed by atoms with Crippen molar-refractivity contribution >= 4 is 18.3 Å². The van der Waals surface area contributed by atoms with Crippen molar-refractivity contribution in [1.29, 1.82) is 0 Å². The number of ether oxygens (including phenoxy) is 1. The summed E-state index contributed by atoms with van der Waals surface area (Å²) in [5.74, 6) is 1.20. The minimum Gasteiger partial charge on any atom is -0.372 e. The lowest BCUT2D eigenvalue weighted by Crippen LogP contribution is -2.55. The van der Waals surface area contributed by atoms with Crippen LogP contribution in [0.25, 0.3) is 0 Å². The number of carbonyl (C=O) groups is 1. The molecule has 0 aliphatic heterocycles. The molecule has 0 heterocycles. The summed E-state index contributed by atoms with van der Waals surface area (Å²) in [6, 6.07) is 0.660. The van der Waals surface area contributed by atoms with E-state index in [0.29, 0.717) is 23.9 Å². The molecule has 2 bridgehead atoms. The molecule has 0 aromatic heterocycles. The zero-order valence-corrected chi connectivity index (χ0v) is 12.7. The van der Waals surface area contributed by atoms with Crippen LogP contribution in [-0.4, -0.2) is 31.2 Å². The summed E-state index contributed by atoms with van der Waals surface area (Å²) in [6.45, 7) is 1.98. The van der Waals surface area contributed by atoms with Crippen LogP contribution < -0.4 is 11.1 Å². The lowest BCUT2D eigenvalue weighted by atomic mass is 9.67. The molecule has 4 nitrogen and oxygen atoms in total. The van der Waals surface area contributed by atoms with Gasteiger partial charge in [-0.15, -0.1) is 12.4 Å². The number of rotatable bonds is 4. The maximum atomic E-state index is 12.1. The van der Waals surface area contributed by atoms with Crippen molar-refractivity contribution < 1.29 is 9.53 Å². The Kier molecular flexibility index (Phi) is 6.57. The van der Waals surface area contributed by atoms with E-state index >= 15 is 0 Å². The van der Waals surface area contributed by atoms with E-state index < -0.39 is 0 Å². The van der Waals surface area contributed by atoms with Gasteiger partial charge in [0.25, 0.3) is 0 Å². The number of methoxy groups -OCH3 is 1. The Hall–Kier alpha value is -0.320. The molecular weight excluding hydrogens is 264 g/mol. The third-order valence-corrected chi connectivity index (χ3v) is 4.63. The molecule has 5 heteroatoms. The summed E-state index contributed by atoms with van der Waals surface area (Å²) >= 11 is 0. The number of halogens is 1. The molecule has 3 atom stereocenters. The van der Waals surface area contributed by atoms with Crippen LogP contribution in [0, 0.1) is 11.8 Å². The number of hydrogen-bond acceptors (Lipinski definition) is 3. The predicted molar refractivity (Wildman–Crippen MR) is 78.3 cm³/mol. The number of hydrogen-bond donors (Lipinski definition) is 2. The number of nitrogens with one attached hydrogen (secondary N) is 1. The molecule has 2 rings (SSSR count). The van der Waals surface area contributed by atoms with Crippen molar-refractivity contribution in [2.24, 2.45) is 17.6 Å². The van der Waals surface area contributed by atoms with E-state index in [-0.39, 0.29) is 24.4 Å². The third-order valence-electron chi connectivity index (χ3n) is 4.63. The topological polar surface area (TPSA) is 64.3 Å². The summed E-state index contributed by atoms with van der Waals surface area (Å²) in [6.07, 6.45) is 6.25. The Morgan fingerprint density at radius 2 is 1.95 bits per heavy atom. The van der Waals surface area contributed by atoms with Crippen LogP contribution in [0.15, 0.2) is 0 Å². The zero-order valence-electron chi connectivity index (χ0n) is 11.9. The van der Waals surface area contributed by atoms with Gasteiger partial charge in [0.05, 0.1) is 0 Å². The van der Waals surface area contributed by atoms with Crippen LogP contribution in [0.5, 0.6) is 0 Å². The molecule has 0 aromatic rings. The molecule has 0 spiro atoms. The molecule has 0 saturated heterocycles. The molecule has 1 amide bonds. The molecule has 3 unspecified atom stereocenters. The Labute approximate surface area is 122 Å². The highest BCUT2D eigenvalue weighted by molar-refractivity contribution is 5.85. The first-order valence-electron chi connectivity index (χ1n) is 7.24. The van der Waals surface area contributed by atoms with Gasteiger partial charge in [0.15, 0.2) is 0 Å². The van der Waals surface area contributed by atoms with Gasteiger partial charge in [-0.1, -0.05) is 13.3 Å². The molecule has 0 radical (unpaired) electrons. The van der Waals surface area contributed by atoms with E-state index in [0.717, 1.165) is 19.3 Å². The van der Waals surface area contributed by atoms with Crippen molar-refractivity contribution in [2.75, 3.05) is 7.11 Å². The summed E-state index contributed by atoms with van der Waals surface area (Å²) in [4.78, 5) is 12.1. The molecular formula is C14H27ClN2O2. The molecule has 19 heavy (non-hydrogen) atoms. The Bertz CT molecular complexity index is 283. The zero-order chi connectivity index (χ0) is 13.1. The van der Waals surface area contributed by atoms with Crippen LogP contribution in [-0.2, 0) is 9.53 Å². The standard InChI is InChI=1S/C14H26N2O2.ClH/c1-3-12(18-2)14(17)16-13-9-5-4-6-10(13)8-11(15)7-9;/h9-13H,3-8,15H2,1-2H3,(H,16,17);1H. The van der Waals surface area contributed by atoms with E-state index in [1.54, 1.807) is 7.11 Å². The van der Waals surface area contributed by atoms with Gasteiger partial charge in [-0.25, -0.2) is 0 Å². The first-order valence-corrected chi connectivity index (χ1v) is 7.24. The van der Waals surface area contributed by atoms with Crippen molar-refractivity contribution in [3.8, 4) is 0 Å². The minimum absolute atomic E-state index is 0. The molecule has 2 fully saturated rings. The summed E-state index contributed by atoms with van der Waals surface area (Å²) in [7, 11) is 1.60. The van der Waals surface area contributed by atoms with Gasteiger partial charge >= 0.3 is 0 Å². The fraction of sp³-hybridized carbons (Fsp3) is 0.929. The Morgan fingerprint density at radius 3 is 2.42 bits per heavy atom. The van der Waals surface area contributed by atoms with E-state index in [1.165, 1.54) is 19.3 Å². The molecule has 0 aromatic carbocycles. The maximum Gasteiger partial charge on any atom is 0.249 e. The van der Waals surface area contributed by atoms with Gasteiger partial charge in [0, 0.05) is 19.2 Å². The highest BCUT2D eigenvalue weighted by Crippen LogP contribution is 2.39. The van der Waals surface area contributed by atoms with Crippen LogP contribution in [0.4, 0.5) is 0 Å². The smallest absolute Gasteiger partial charge is 0.249 e. The van der Waals surface area contributed by atoms with Gasteiger partial charge in [-0.05, 0) is 43.9 Å². The Balaban J connectivity index is 0.00000180. The van der Waals surface area contributed by atoms with Gasteiger partial charge in [0.1, 0.15) is 6.10 Å². The minimum atomic E-state index is -0.304. The second-order valence-corrected chi connectivity index (χ2v) is 5.85. The normalized spacial score (nSPS) is 35.1. The predicted octanol–water partition coefficient (Wildman–Crippen LogP) is 1.86. The number of fused-ring (bicyclic) bond motifs is 2. The summed E-state index contributed by atoms with van der Waals surface area (Å²) in [5.41, 5.74) is 6.09. The van der Waals surface area contributed by atoms with Crippen molar-refractivity contribution in [3.63, 3.8) is 0 Å². The lowest BCUT2D eigenvalue weighted by Gasteiger charge is -2.45. The number of carbonyl (C=O) groups excluding carboxylic acids is 1. The molecule has 2 aliphatic carbocycles. The average Bonchev–Trinajstić information content (AvgIpc) is 2.32. The first kappa shape index (κ1) is 16.7. The molecule has 2 aliphatic rings. The fourth-order valence-corrected chi connectivity index (χ4v) is 3.74. The van der Waals surface area contributed by atoms with E-state index in [9.17, 15) is 4.79 Å². The van der Waals surface area contributed by atoms with Crippen molar-refractivity contribution in [1.82, 2.24) is 5.32 Å². The van der Waals surface area contributed by atoms with E-state index in [2.05, 4.69) is 5.32 Å². The summed E-state index contributed by atoms with van der Waals surface area (Å²) in [5, 5.41) is 3.22. The average molecular weight is 291 g/mol. The SMILES string of the molecule is CCC(OC)C(=O)NC1C2CCCC1CC(N)C2.Cl. The van der Waals surface area contributed by atoms with Crippen molar-refractivity contribution in [2.45, 2.75) is 63.6 Å². The van der Waals surface area contributed by atoms with Crippen LogP contribution in [0.2, 0.25) is 0 Å². The quantitative estimate of drug-likeness (QED) is 0.830. The summed E-state index contributed by atoms with van der Waals surface area (Å²) < 4.78 is 5.21. The van der Waals surface area contributed by atoms with Gasteiger partial charge < -0.3 is 15.8 Å².